The Bertz CT molecular complexity index is 1380. The first-order valence-electron chi connectivity index (χ1n) is 27.6. The van der Waals surface area contributed by atoms with Gasteiger partial charge >= 0.3 is 11.9 Å². The maximum Gasteiger partial charge on any atom is 0.306 e. The van der Waals surface area contributed by atoms with E-state index in [1.165, 1.54) is 109 Å². The third-order valence-electron chi connectivity index (χ3n) is 12.0. The van der Waals surface area contributed by atoms with E-state index < -0.39 is 18.1 Å². The highest BCUT2D eigenvalue weighted by atomic mass is 16.6. The molecule has 0 bridgehead atoms. The van der Waals surface area contributed by atoms with Gasteiger partial charge in [0.15, 0.2) is 6.10 Å². The smallest absolute Gasteiger partial charge is 0.306 e. The Labute approximate surface area is 418 Å². The van der Waals surface area contributed by atoms with Crippen molar-refractivity contribution in [3.8, 4) is 0 Å². The maximum absolute atomic E-state index is 12.8. The lowest BCUT2D eigenvalue weighted by molar-refractivity contribution is -0.889. The number of carboxylic acid groups (broad SMARTS) is 1. The van der Waals surface area contributed by atoms with Crippen molar-refractivity contribution in [3.63, 3.8) is 0 Å². The summed E-state index contributed by atoms with van der Waals surface area (Å²) in [6.07, 6.45) is 66.2. The van der Waals surface area contributed by atoms with E-state index in [1.807, 2.05) is 0 Å². The van der Waals surface area contributed by atoms with Crippen LogP contribution in [0, 0.1) is 0 Å². The Morgan fingerprint density at radius 3 is 1.15 bits per heavy atom. The minimum atomic E-state index is -1.13. The van der Waals surface area contributed by atoms with Gasteiger partial charge in [-0.3, -0.25) is 9.59 Å². The number of likely N-dealkylation sites (N-methyl/N-ethyl adjacent to an activating group) is 1. The summed E-state index contributed by atoms with van der Waals surface area (Å²) in [6, 6.07) is -0.731. The summed E-state index contributed by atoms with van der Waals surface area (Å²) in [7, 11) is 5.42. The van der Waals surface area contributed by atoms with E-state index in [-0.39, 0.29) is 42.7 Å². The number of allylic oxidation sites excluding steroid dienone is 14. The molecule has 0 heterocycles. The number of rotatable bonds is 49. The first-order valence-corrected chi connectivity index (χ1v) is 27.6. The molecular formula is C60H103NO7. The normalized spacial score (nSPS) is 13.5. The molecule has 0 aliphatic carbocycles. The van der Waals surface area contributed by atoms with Gasteiger partial charge in [0.2, 0.25) is 0 Å². The van der Waals surface area contributed by atoms with Crippen molar-refractivity contribution in [1.82, 2.24) is 0 Å². The molecule has 0 aliphatic heterocycles. The molecule has 0 amide bonds. The van der Waals surface area contributed by atoms with Gasteiger partial charge in [-0.15, -0.1) is 0 Å². The Kier molecular flexibility index (Phi) is 47.4. The molecule has 0 aromatic carbocycles. The van der Waals surface area contributed by atoms with Gasteiger partial charge in [0.1, 0.15) is 12.6 Å². The first-order chi connectivity index (χ1) is 33.1. The van der Waals surface area contributed by atoms with Crippen LogP contribution in [-0.2, 0) is 28.6 Å². The van der Waals surface area contributed by atoms with Gasteiger partial charge in [0.05, 0.1) is 40.3 Å². The van der Waals surface area contributed by atoms with Crippen LogP contribution in [0.4, 0.5) is 0 Å². The molecule has 2 unspecified atom stereocenters. The summed E-state index contributed by atoms with van der Waals surface area (Å²) in [5.74, 6) is -1.74. The number of nitrogens with zero attached hydrogens (tertiary/aromatic N) is 1. The third kappa shape index (κ3) is 47.6. The van der Waals surface area contributed by atoms with E-state index in [4.69, 9.17) is 14.2 Å². The summed E-state index contributed by atoms with van der Waals surface area (Å²) in [5, 5.41) is 11.7. The second-order valence-electron chi connectivity index (χ2n) is 19.4. The number of quaternary nitrogens is 1. The van der Waals surface area contributed by atoms with Crippen LogP contribution in [0.5, 0.6) is 0 Å². The summed E-state index contributed by atoms with van der Waals surface area (Å²) in [4.78, 5) is 37.1. The van der Waals surface area contributed by atoms with Crippen molar-refractivity contribution >= 4 is 17.9 Å². The molecule has 8 heteroatoms. The average Bonchev–Trinajstić information content (AvgIpc) is 3.30. The highest BCUT2D eigenvalue weighted by molar-refractivity contribution is 5.70. The number of esters is 2. The van der Waals surface area contributed by atoms with Crippen molar-refractivity contribution in [3.05, 3.63) is 85.1 Å². The van der Waals surface area contributed by atoms with Crippen molar-refractivity contribution in [2.45, 2.75) is 238 Å². The quantitative estimate of drug-likeness (QED) is 0.0259. The van der Waals surface area contributed by atoms with Gasteiger partial charge in [0.25, 0.3) is 0 Å². The SMILES string of the molecule is CC/C=C/C/C=C/C/C=C/C/C=C/CCCCCCCCCCCCC(=O)OCC(COCCC(C(=O)[O-])[N+](C)(C)C)OC(=O)CCCCCCCCCCCCC/C=C/C/C=C/C/C=C/CC. The fraction of sp³-hybridized carbons (Fsp3) is 0.717. The number of carboxylic acids is 1. The van der Waals surface area contributed by atoms with E-state index in [2.05, 4.69) is 98.9 Å². The van der Waals surface area contributed by atoms with Crippen LogP contribution in [0.15, 0.2) is 85.1 Å². The van der Waals surface area contributed by atoms with E-state index in [0.717, 1.165) is 83.5 Å². The molecule has 0 rings (SSSR count). The molecule has 2 atom stereocenters. The largest absolute Gasteiger partial charge is 0.544 e. The number of hydrogen-bond donors (Lipinski definition) is 0. The van der Waals surface area contributed by atoms with Crippen LogP contribution >= 0.6 is 0 Å². The Morgan fingerprint density at radius 1 is 0.441 bits per heavy atom. The topological polar surface area (TPSA) is 102 Å². The van der Waals surface area contributed by atoms with E-state index in [0.29, 0.717) is 12.8 Å². The average molecular weight is 950 g/mol. The molecule has 0 saturated carbocycles. The van der Waals surface area contributed by atoms with Crippen LogP contribution < -0.4 is 5.11 Å². The molecule has 0 spiro atoms. The van der Waals surface area contributed by atoms with E-state index >= 15 is 0 Å². The molecule has 0 N–H and O–H groups in total. The molecule has 0 radical (unpaired) electrons. The summed E-state index contributed by atoms with van der Waals surface area (Å²) >= 11 is 0. The molecule has 8 nitrogen and oxygen atoms in total. The fourth-order valence-electron chi connectivity index (χ4n) is 7.84. The predicted molar refractivity (Wildman–Crippen MR) is 286 cm³/mol. The van der Waals surface area contributed by atoms with Crippen molar-refractivity contribution < 1.29 is 38.2 Å². The van der Waals surface area contributed by atoms with Gasteiger partial charge in [0, 0.05) is 19.3 Å². The van der Waals surface area contributed by atoms with E-state index in [9.17, 15) is 19.5 Å². The molecular weight excluding hydrogens is 847 g/mol. The zero-order valence-corrected chi connectivity index (χ0v) is 44.5. The lowest BCUT2D eigenvalue weighted by Gasteiger charge is -2.34. The zero-order valence-electron chi connectivity index (χ0n) is 44.5. The lowest BCUT2D eigenvalue weighted by Crippen LogP contribution is -2.55. The molecule has 68 heavy (non-hydrogen) atoms. The number of unbranched alkanes of at least 4 members (excludes halogenated alkanes) is 21. The van der Waals surface area contributed by atoms with Crippen LogP contribution in [0.25, 0.3) is 0 Å². The number of aliphatic carboxylic acids is 1. The Morgan fingerprint density at radius 2 is 0.779 bits per heavy atom. The summed E-state index contributed by atoms with van der Waals surface area (Å²) in [5.41, 5.74) is 0. The first kappa shape index (κ1) is 64.5. The molecule has 0 aliphatic rings. The van der Waals surface area contributed by atoms with Crippen molar-refractivity contribution in [2.24, 2.45) is 0 Å². The van der Waals surface area contributed by atoms with Crippen LogP contribution in [0.1, 0.15) is 226 Å². The molecule has 0 aromatic rings. The van der Waals surface area contributed by atoms with Gasteiger partial charge in [-0.2, -0.15) is 0 Å². The van der Waals surface area contributed by atoms with Crippen LogP contribution in [0.2, 0.25) is 0 Å². The molecule has 0 aromatic heterocycles. The van der Waals surface area contributed by atoms with E-state index in [1.54, 1.807) is 21.1 Å². The standard InChI is InChI=1S/C60H103NO7/c1-6-8-10-12-14-16-18-20-22-24-26-28-29-31-32-34-36-38-40-42-44-46-48-50-58(62)67-55-56(54-66-53-52-57(60(64)65)61(3,4)5)68-59(63)51-49-47-45-43-41-39-37-35-33-30-27-25-23-21-19-17-15-13-11-9-7-2/h8-11,14-17,20-23,26,28,56-57H,6-7,12-13,18-19,24-25,27,29-55H2,1-5H3/b10-8+,11-9+,16-14+,17-15+,22-20+,23-21+,28-26+. The van der Waals surface area contributed by atoms with Crippen molar-refractivity contribution in [1.29, 1.82) is 0 Å². The number of carbonyl (C=O) groups is 3. The number of hydrogen-bond acceptors (Lipinski definition) is 7. The molecule has 390 valence electrons. The highest BCUT2D eigenvalue weighted by Crippen LogP contribution is 2.16. The monoisotopic (exact) mass is 950 g/mol. The second-order valence-corrected chi connectivity index (χ2v) is 19.4. The minimum absolute atomic E-state index is 0.0354. The van der Waals surface area contributed by atoms with Crippen LogP contribution in [-0.4, -0.2) is 75.5 Å². The van der Waals surface area contributed by atoms with Gasteiger partial charge < -0.3 is 28.6 Å². The second kappa shape index (κ2) is 49.9. The number of ether oxygens (including phenoxy) is 3. The summed E-state index contributed by atoms with van der Waals surface area (Å²) < 4.78 is 17.3. The van der Waals surface area contributed by atoms with Gasteiger partial charge in [-0.05, 0) is 83.5 Å². The van der Waals surface area contributed by atoms with Crippen molar-refractivity contribution in [2.75, 3.05) is 41.0 Å². The maximum atomic E-state index is 12.8. The summed E-state index contributed by atoms with van der Waals surface area (Å²) in [6.45, 7) is 4.45. The minimum Gasteiger partial charge on any atom is -0.544 e. The third-order valence-corrected chi connectivity index (χ3v) is 12.0. The van der Waals surface area contributed by atoms with Gasteiger partial charge in [-0.25, -0.2) is 0 Å². The predicted octanol–water partition coefficient (Wildman–Crippen LogP) is 15.1. The number of carbonyl (C=O) groups excluding carboxylic acids is 3. The van der Waals surface area contributed by atoms with Gasteiger partial charge in [-0.1, -0.05) is 208 Å². The molecule has 0 saturated heterocycles. The Balaban J connectivity index is 4.20. The zero-order chi connectivity index (χ0) is 49.9. The Hall–Kier alpha value is -3.49. The fourth-order valence-corrected chi connectivity index (χ4v) is 7.84. The van der Waals surface area contributed by atoms with Crippen LogP contribution in [0.3, 0.4) is 0 Å². The lowest BCUT2D eigenvalue weighted by atomic mass is 10.0. The highest BCUT2D eigenvalue weighted by Gasteiger charge is 2.25. The molecule has 0 fully saturated rings.